The third-order valence-electron chi connectivity index (χ3n) is 3.32. The molecule has 3 rings (SSSR count). The van der Waals surface area contributed by atoms with Gasteiger partial charge in [0.15, 0.2) is 10.9 Å². The summed E-state index contributed by atoms with van der Waals surface area (Å²) in [5, 5.41) is 6.15. The maximum atomic E-state index is 12.2. The topological polar surface area (TPSA) is 97.4 Å². The summed E-state index contributed by atoms with van der Waals surface area (Å²) < 4.78 is 5.47. The number of nitrogens with two attached hydrogens (primary N) is 1. The Hall–Kier alpha value is -3.19. The molecular weight excluding hydrogens is 326 g/mol. The van der Waals surface area contributed by atoms with E-state index in [0.29, 0.717) is 11.3 Å². The molecule has 0 spiro atoms. The van der Waals surface area contributed by atoms with Gasteiger partial charge in [0, 0.05) is 5.39 Å². The Morgan fingerprint density at radius 3 is 2.50 bits per heavy atom. The zero-order chi connectivity index (χ0) is 17.1. The Kier molecular flexibility index (Phi) is 4.26. The maximum absolute atomic E-state index is 12.2. The van der Waals surface area contributed by atoms with Gasteiger partial charge in [-0.1, -0.05) is 30.3 Å². The number of para-hydroxylation sites is 2. The lowest BCUT2D eigenvalue weighted by atomic mass is 10.1. The van der Waals surface area contributed by atoms with Gasteiger partial charge in [0.2, 0.25) is 0 Å². The zero-order valence-electron chi connectivity index (χ0n) is 12.4. The summed E-state index contributed by atoms with van der Waals surface area (Å²) >= 11 is 5.10. The van der Waals surface area contributed by atoms with Crippen LogP contribution < -0.4 is 16.4 Å². The summed E-state index contributed by atoms with van der Waals surface area (Å²) in [6.07, 6.45) is 0. The van der Waals surface area contributed by atoms with E-state index in [-0.39, 0.29) is 16.4 Å². The second-order valence-corrected chi connectivity index (χ2v) is 5.37. The van der Waals surface area contributed by atoms with Crippen molar-refractivity contribution in [2.45, 2.75) is 0 Å². The number of amides is 2. The Bertz CT molecular complexity index is 916. The Balaban J connectivity index is 1.73. The van der Waals surface area contributed by atoms with E-state index >= 15 is 0 Å². The highest BCUT2D eigenvalue weighted by Gasteiger charge is 2.15. The highest BCUT2D eigenvalue weighted by atomic mass is 32.1. The molecule has 0 radical (unpaired) electrons. The molecule has 24 heavy (non-hydrogen) atoms. The fourth-order valence-electron chi connectivity index (χ4n) is 2.22. The number of thiocarbonyl (C=S) groups is 1. The minimum absolute atomic E-state index is 0.0363. The predicted molar refractivity (Wildman–Crippen MR) is 94.9 cm³/mol. The van der Waals surface area contributed by atoms with E-state index in [1.54, 1.807) is 36.4 Å². The molecule has 0 unspecified atom stereocenters. The van der Waals surface area contributed by atoms with Crippen molar-refractivity contribution in [3.05, 3.63) is 65.9 Å². The van der Waals surface area contributed by atoms with E-state index in [2.05, 4.69) is 10.6 Å². The standard InChI is InChI=1S/C17H13N3O3S/c18-15(21)11-6-2-3-7-12(11)19-17(24)20-16(22)14-9-10-5-1-4-8-13(10)23-14/h1-9H,(H2,18,21)(H2,19,20,22,24). The number of anilines is 1. The Labute approximate surface area is 142 Å². The van der Waals surface area contributed by atoms with Crippen LogP contribution in [0.5, 0.6) is 0 Å². The quantitative estimate of drug-likeness (QED) is 0.637. The average Bonchev–Trinajstić information content (AvgIpc) is 2.99. The maximum Gasteiger partial charge on any atom is 0.293 e. The smallest absolute Gasteiger partial charge is 0.293 e. The van der Waals surface area contributed by atoms with E-state index in [0.717, 1.165) is 5.39 Å². The zero-order valence-corrected chi connectivity index (χ0v) is 13.2. The van der Waals surface area contributed by atoms with Crippen LogP contribution in [0.25, 0.3) is 11.0 Å². The van der Waals surface area contributed by atoms with Gasteiger partial charge in [-0.2, -0.15) is 0 Å². The monoisotopic (exact) mass is 339 g/mol. The van der Waals surface area contributed by atoms with Crippen molar-refractivity contribution in [1.82, 2.24) is 5.32 Å². The molecular formula is C17H13N3O3S. The first kappa shape index (κ1) is 15.7. The van der Waals surface area contributed by atoms with Crippen molar-refractivity contribution < 1.29 is 14.0 Å². The number of nitrogens with one attached hydrogen (secondary N) is 2. The third kappa shape index (κ3) is 3.26. The van der Waals surface area contributed by atoms with Crippen LogP contribution in [-0.2, 0) is 0 Å². The minimum atomic E-state index is -0.593. The van der Waals surface area contributed by atoms with Crippen molar-refractivity contribution in [3.63, 3.8) is 0 Å². The van der Waals surface area contributed by atoms with Gasteiger partial charge in [0.05, 0.1) is 11.3 Å². The minimum Gasteiger partial charge on any atom is -0.451 e. The number of fused-ring (bicyclic) bond motifs is 1. The number of furan rings is 1. The van der Waals surface area contributed by atoms with Crippen LogP contribution in [0.1, 0.15) is 20.9 Å². The highest BCUT2D eigenvalue weighted by Crippen LogP contribution is 2.19. The molecule has 2 aromatic carbocycles. The van der Waals surface area contributed by atoms with Gasteiger partial charge in [0.1, 0.15) is 5.58 Å². The second kappa shape index (κ2) is 6.51. The summed E-state index contributed by atoms with van der Waals surface area (Å²) in [6.45, 7) is 0. The van der Waals surface area contributed by atoms with Crippen molar-refractivity contribution in [1.29, 1.82) is 0 Å². The van der Waals surface area contributed by atoms with Gasteiger partial charge in [-0.25, -0.2) is 0 Å². The van der Waals surface area contributed by atoms with Gasteiger partial charge < -0.3 is 15.5 Å². The van der Waals surface area contributed by atoms with Crippen molar-refractivity contribution >= 4 is 45.8 Å². The van der Waals surface area contributed by atoms with Gasteiger partial charge in [-0.3, -0.25) is 14.9 Å². The van der Waals surface area contributed by atoms with Crippen LogP contribution in [0, 0.1) is 0 Å². The fraction of sp³-hybridized carbons (Fsp3) is 0. The molecule has 3 aromatic rings. The molecule has 120 valence electrons. The van der Waals surface area contributed by atoms with E-state index in [4.69, 9.17) is 22.4 Å². The van der Waals surface area contributed by atoms with E-state index in [9.17, 15) is 9.59 Å². The van der Waals surface area contributed by atoms with Gasteiger partial charge in [-0.05, 0) is 36.5 Å². The average molecular weight is 339 g/mol. The first-order valence-corrected chi connectivity index (χ1v) is 7.45. The molecule has 6 nitrogen and oxygen atoms in total. The molecule has 0 aliphatic rings. The molecule has 0 bridgehead atoms. The number of rotatable bonds is 3. The lowest BCUT2D eigenvalue weighted by Crippen LogP contribution is -2.34. The van der Waals surface area contributed by atoms with E-state index in [1.807, 2.05) is 18.2 Å². The predicted octanol–water partition coefficient (Wildman–Crippen LogP) is 2.66. The first-order chi connectivity index (χ1) is 11.5. The van der Waals surface area contributed by atoms with Crippen molar-refractivity contribution in [2.75, 3.05) is 5.32 Å². The number of hydrogen-bond donors (Lipinski definition) is 3. The van der Waals surface area contributed by atoms with Crippen molar-refractivity contribution in [2.24, 2.45) is 5.73 Å². The highest BCUT2D eigenvalue weighted by molar-refractivity contribution is 7.80. The first-order valence-electron chi connectivity index (χ1n) is 7.04. The number of hydrogen-bond acceptors (Lipinski definition) is 4. The molecule has 1 heterocycles. The third-order valence-corrected chi connectivity index (χ3v) is 3.52. The Morgan fingerprint density at radius 1 is 1.04 bits per heavy atom. The molecule has 4 N–H and O–H groups in total. The summed E-state index contributed by atoms with van der Waals surface area (Å²) in [5.74, 6) is -0.937. The largest absolute Gasteiger partial charge is 0.451 e. The molecule has 7 heteroatoms. The number of carbonyl (C=O) groups excluding carboxylic acids is 2. The lowest BCUT2D eigenvalue weighted by molar-refractivity contribution is 0.0952. The summed E-state index contributed by atoms with van der Waals surface area (Å²) in [5.41, 5.74) is 6.61. The normalized spacial score (nSPS) is 10.3. The van der Waals surface area contributed by atoms with E-state index in [1.165, 1.54) is 0 Å². The lowest BCUT2D eigenvalue weighted by Gasteiger charge is -2.11. The van der Waals surface area contributed by atoms with Crippen LogP contribution >= 0.6 is 12.2 Å². The summed E-state index contributed by atoms with van der Waals surface area (Å²) in [4.78, 5) is 23.6. The second-order valence-electron chi connectivity index (χ2n) is 4.97. The van der Waals surface area contributed by atoms with Gasteiger partial charge >= 0.3 is 0 Å². The molecule has 0 aliphatic carbocycles. The SMILES string of the molecule is NC(=O)c1ccccc1NC(=S)NC(=O)c1cc2ccccc2o1. The van der Waals surface area contributed by atoms with Crippen LogP contribution in [-0.4, -0.2) is 16.9 Å². The molecule has 1 aromatic heterocycles. The molecule has 0 fully saturated rings. The van der Waals surface area contributed by atoms with Crippen molar-refractivity contribution in [3.8, 4) is 0 Å². The molecule has 2 amide bonds. The molecule has 0 saturated heterocycles. The van der Waals surface area contributed by atoms with Gasteiger partial charge in [0.25, 0.3) is 11.8 Å². The van der Waals surface area contributed by atoms with Crippen LogP contribution in [0.3, 0.4) is 0 Å². The fourth-order valence-corrected chi connectivity index (χ4v) is 2.42. The summed E-state index contributed by atoms with van der Waals surface area (Å²) in [7, 11) is 0. The molecule has 0 saturated carbocycles. The van der Waals surface area contributed by atoms with E-state index < -0.39 is 11.8 Å². The Morgan fingerprint density at radius 2 is 1.75 bits per heavy atom. The molecule has 0 aliphatic heterocycles. The summed E-state index contributed by atoms with van der Waals surface area (Å²) in [6, 6.07) is 15.5. The van der Waals surface area contributed by atoms with Crippen LogP contribution in [0.4, 0.5) is 5.69 Å². The van der Waals surface area contributed by atoms with Crippen LogP contribution in [0.15, 0.2) is 59.0 Å². The number of benzene rings is 2. The van der Waals surface area contributed by atoms with Gasteiger partial charge in [-0.15, -0.1) is 0 Å². The molecule has 0 atom stereocenters. The van der Waals surface area contributed by atoms with Crippen LogP contribution in [0.2, 0.25) is 0 Å². The number of primary amides is 1. The number of carbonyl (C=O) groups is 2.